The maximum Gasteiger partial charge on any atom is 0.145 e. The van der Waals surface area contributed by atoms with Crippen molar-refractivity contribution in [3.05, 3.63) is 67.0 Å². The minimum absolute atomic E-state index is 0.354. The van der Waals surface area contributed by atoms with E-state index in [1.165, 1.54) is 12.4 Å². The van der Waals surface area contributed by atoms with Gasteiger partial charge in [-0.3, -0.25) is 15.0 Å². The van der Waals surface area contributed by atoms with Crippen LogP contribution in [0.15, 0.2) is 61.2 Å². The minimum atomic E-state index is -0.354. The molecule has 0 aliphatic rings. The van der Waals surface area contributed by atoms with Crippen LogP contribution in [0.25, 0.3) is 22.5 Å². The summed E-state index contributed by atoms with van der Waals surface area (Å²) in [4.78, 5) is 12.4. The van der Waals surface area contributed by atoms with Crippen molar-refractivity contribution >= 4 is 0 Å². The summed E-state index contributed by atoms with van der Waals surface area (Å²) in [6, 6.07) is 10.7. The highest BCUT2D eigenvalue weighted by Crippen LogP contribution is 2.27. The SMILES string of the molecule is Fc1c(-c2ccccn2)cncc1-c1ccccn1. The number of hydrogen-bond donors (Lipinski definition) is 0. The van der Waals surface area contributed by atoms with Gasteiger partial charge < -0.3 is 0 Å². The molecular weight excluding hydrogens is 241 g/mol. The number of halogens is 1. The molecule has 92 valence electrons. The third-order valence-corrected chi connectivity index (χ3v) is 2.76. The lowest BCUT2D eigenvalue weighted by atomic mass is 10.1. The Hall–Kier alpha value is -2.62. The van der Waals surface area contributed by atoms with Gasteiger partial charge in [-0.2, -0.15) is 0 Å². The number of pyridine rings is 3. The predicted molar refractivity (Wildman–Crippen MR) is 70.7 cm³/mol. The highest BCUT2D eigenvalue weighted by Gasteiger charge is 2.13. The van der Waals surface area contributed by atoms with Crippen LogP contribution in [0.3, 0.4) is 0 Å². The second-order valence-electron chi connectivity index (χ2n) is 3.98. The topological polar surface area (TPSA) is 38.7 Å². The van der Waals surface area contributed by atoms with E-state index in [2.05, 4.69) is 15.0 Å². The van der Waals surface area contributed by atoms with E-state index in [9.17, 15) is 4.39 Å². The Morgan fingerprint density at radius 1 is 0.737 bits per heavy atom. The highest BCUT2D eigenvalue weighted by atomic mass is 19.1. The van der Waals surface area contributed by atoms with Gasteiger partial charge in [0.2, 0.25) is 0 Å². The summed E-state index contributed by atoms with van der Waals surface area (Å²) in [6.45, 7) is 0. The second kappa shape index (κ2) is 4.94. The molecule has 0 bridgehead atoms. The molecule has 0 aliphatic carbocycles. The van der Waals surface area contributed by atoms with Crippen LogP contribution in [0, 0.1) is 5.82 Å². The Kier molecular flexibility index (Phi) is 2.98. The standard InChI is InChI=1S/C15H10FN3/c16-15-11(13-5-1-3-7-18-13)9-17-10-12(15)14-6-2-4-8-19-14/h1-10H. The molecular formula is C15H10FN3. The molecule has 3 aromatic heterocycles. The first kappa shape index (κ1) is 11.5. The third kappa shape index (κ3) is 2.20. The second-order valence-corrected chi connectivity index (χ2v) is 3.98. The Balaban J connectivity index is 2.15. The number of aromatic nitrogens is 3. The molecule has 0 amide bonds. The van der Waals surface area contributed by atoms with Crippen LogP contribution in [-0.2, 0) is 0 Å². The van der Waals surface area contributed by atoms with Crippen LogP contribution >= 0.6 is 0 Å². The maximum absolute atomic E-state index is 14.5. The smallest absolute Gasteiger partial charge is 0.145 e. The molecule has 0 fully saturated rings. The van der Waals surface area contributed by atoms with E-state index in [1.807, 2.05) is 12.1 Å². The minimum Gasteiger partial charge on any atom is -0.263 e. The number of rotatable bonds is 2. The lowest BCUT2D eigenvalue weighted by Crippen LogP contribution is -1.94. The summed E-state index contributed by atoms with van der Waals surface area (Å²) >= 11 is 0. The van der Waals surface area contributed by atoms with Crippen molar-refractivity contribution in [3.8, 4) is 22.5 Å². The molecule has 3 aromatic rings. The zero-order chi connectivity index (χ0) is 13.1. The predicted octanol–water partition coefficient (Wildman–Crippen LogP) is 3.34. The summed E-state index contributed by atoms with van der Waals surface area (Å²) < 4.78 is 14.5. The van der Waals surface area contributed by atoms with E-state index < -0.39 is 0 Å². The fourth-order valence-corrected chi connectivity index (χ4v) is 1.85. The van der Waals surface area contributed by atoms with Crippen molar-refractivity contribution in [2.75, 3.05) is 0 Å². The van der Waals surface area contributed by atoms with E-state index in [0.717, 1.165) is 0 Å². The van der Waals surface area contributed by atoms with Gasteiger partial charge in [0.15, 0.2) is 0 Å². The summed E-state index contributed by atoms with van der Waals surface area (Å²) in [7, 11) is 0. The monoisotopic (exact) mass is 251 g/mol. The largest absolute Gasteiger partial charge is 0.263 e. The molecule has 0 unspecified atom stereocenters. The van der Waals surface area contributed by atoms with E-state index in [4.69, 9.17) is 0 Å². The van der Waals surface area contributed by atoms with E-state index in [0.29, 0.717) is 22.5 Å². The maximum atomic E-state index is 14.5. The molecule has 0 aliphatic heterocycles. The summed E-state index contributed by atoms with van der Waals surface area (Å²) in [5.41, 5.74) is 1.88. The Bertz CT molecular complexity index is 627. The van der Waals surface area contributed by atoms with Crippen LogP contribution in [0.2, 0.25) is 0 Å². The first-order valence-electron chi connectivity index (χ1n) is 5.82. The molecule has 0 N–H and O–H groups in total. The van der Waals surface area contributed by atoms with Crippen molar-refractivity contribution in [1.29, 1.82) is 0 Å². The van der Waals surface area contributed by atoms with Gasteiger partial charge in [-0.25, -0.2) is 4.39 Å². The van der Waals surface area contributed by atoms with Crippen LogP contribution in [0.4, 0.5) is 4.39 Å². The zero-order valence-corrected chi connectivity index (χ0v) is 9.99. The van der Waals surface area contributed by atoms with Crippen LogP contribution < -0.4 is 0 Å². The average Bonchev–Trinajstić information content (AvgIpc) is 2.49. The molecule has 3 rings (SSSR count). The Morgan fingerprint density at radius 2 is 1.26 bits per heavy atom. The van der Waals surface area contributed by atoms with E-state index in [-0.39, 0.29) is 5.82 Å². The van der Waals surface area contributed by atoms with Crippen molar-refractivity contribution in [3.63, 3.8) is 0 Å². The first-order chi connectivity index (χ1) is 9.36. The number of hydrogen-bond acceptors (Lipinski definition) is 3. The lowest BCUT2D eigenvalue weighted by Gasteiger charge is -2.06. The van der Waals surface area contributed by atoms with Gasteiger partial charge in [0.1, 0.15) is 5.82 Å². The molecule has 0 spiro atoms. The fraction of sp³-hybridized carbons (Fsp3) is 0. The third-order valence-electron chi connectivity index (χ3n) is 2.76. The van der Waals surface area contributed by atoms with Gasteiger partial charge in [0.25, 0.3) is 0 Å². The quantitative estimate of drug-likeness (QED) is 0.701. The van der Waals surface area contributed by atoms with Gasteiger partial charge in [-0.1, -0.05) is 12.1 Å². The Morgan fingerprint density at radius 3 is 1.68 bits per heavy atom. The van der Waals surface area contributed by atoms with Crippen molar-refractivity contribution < 1.29 is 4.39 Å². The molecule has 0 saturated carbocycles. The molecule has 0 atom stereocenters. The lowest BCUT2D eigenvalue weighted by molar-refractivity contribution is 0.631. The molecule has 0 radical (unpaired) electrons. The molecule has 4 heteroatoms. The molecule has 19 heavy (non-hydrogen) atoms. The van der Waals surface area contributed by atoms with Crippen molar-refractivity contribution in [2.45, 2.75) is 0 Å². The Labute approximate surface area is 109 Å². The van der Waals surface area contributed by atoms with E-state index >= 15 is 0 Å². The van der Waals surface area contributed by atoms with E-state index in [1.54, 1.807) is 36.7 Å². The average molecular weight is 251 g/mol. The molecule has 3 heterocycles. The summed E-state index contributed by atoms with van der Waals surface area (Å²) in [5.74, 6) is -0.354. The first-order valence-corrected chi connectivity index (χ1v) is 5.82. The van der Waals surface area contributed by atoms with Crippen molar-refractivity contribution in [1.82, 2.24) is 15.0 Å². The number of nitrogens with zero attached hydrogens (tertiary/aromatic N) is 3. The van der Waals surface area contributed by atoms with Gasteiger partial charge in [-0.15, -0.1) is 0 Å². The summed E-state index contributed by atoms with van der Waals surface area (Å²) in [5, 5.41) is 0. The highest BCUT2D eigenvalue weighted by molar-refractivity contribution is 5.68. The molecule has 0 saturated heterocycles. The zero-order valence-electron chi connectivity index (χ0n) is 9.99. The van der Waals surface area contributed by atoms with Crippen LogP contribution in [0.5, 0.6) is 0 Å². The molecule has 3 nitrogen and oxygen atoms in total. The summed E-state index contributed by atoms with van der Waals surface area (Å²) in [6.07, 6.45) is 6.21. The normalized spacial score (nSPS) is 10.4. The van der Waals surface area contributed by atoms with Gasteiger partial charge in [0, 0.05) is 24.8 Å². The van der Waals surface area contributed by atoms with Crippen LogP contribution in [0.1, 0.15) is 0 Å². The molecule has 0 aromatic carbocycles. The van der Waals surface area contributed by atoms with Crippen LogP contribution in [-0.4, -0.2) is 15.0 Å². The van der Waals surface area contributed by atoms with Gasteiger partial charge >= 0.3 is 0 Å². The van der Waals surface area contributed by atoms with Gasteiger partial charge in [0.05, 0.1) is 22.5 Å². The van der Waals surface area contributed by atoms with Crippen molar-refractivity contribution in [2.24, 2.45) is 0 Å². The van der Waals surface area contributed by atoms with Gasteiger partial charge in [-0.05, 0) is 24.3 Å². The fourth-order valence-electron chi connectivity index (χ4n) is 1.85.